The highest BCUT2D eigenvalue weighted by molar-refractivity contribution is 9.10. The highest BCUT2D eigenvalue weighted by atomic mass is 79.9. The van der Waals surface area contributed by atoms with Crippen LogP contribution in [0.25, 0.3) is 0 Å². The Morgan fingerprint density at radius 3 is 2.58 bits per heavy atom. The van der Waals surface area contributed by atoms with Crippen LogP contribution in [-0.2, 0) is 0 Å². The number of carbonyl (C=O) groups is 1. The van der Waals surface area contributed by atoms with Crippen LogP contribution in [0.1, 0.15) is 15.9 Å². The fourth-order valence-electron chi connectivity index (χ4n) is 1.58. The van der Waals surface area contributed by atoms with Crippen LogP contribution in [0.2, 0.25) is 10.0 Å². The van der Waals surface area contributed by atoms with E-state index in [9.17, 15) is 4.79 Å². The van der Waals surface area contributed by atoms with Gasteiger partial charge in [-0.2, -0.15) is 0 Å². The Kier molecular flexibility index (Phi) is 4.50. The molecule has 1 amide bonds. The third kappa shape index (κ3) is 3.30. The van der Waals surface area contributed by atoms with E-state index in [1.165, 1.54) is 0 Å². The number of nitrogens with one attached hydrogen (secondary N) is 1. The number of rotatable bonds is 2. The summed E-state index contributed by atoms with van der Waals surface area (Å²) in [6, 6.07) is 10.4. The van der Waals surface area contributed by atoms with Crippen molar-refractivity contribution in [1.82, 2.24) is 0 Å². The van der Waals surface area contributed by atoms with E-state index in [0.717, 1.165) is 15.7 Å². The van der Waals surface area contributed by atoms with Crippen LogP contribution >= 0.6 is 39.1 Å². The Balaban J connectivity index is 2.26. The predicted octanol–water partition coefficient (Wildman–Crippen LogP) is 5.32. The molecule has 0 heterocycles. The number of carbonyl (C=O) groups excluding carboxylic acids is 1. The van der Waals surface area contributed by atoms with Crippen LogP contribution in [0.4, 0.5) is 5.69 Å². The average molecular weight is 359 g/mol. The molecule has 2 aromatic carbocycles. The second-order valence-electron chi connectivity index (χ2n) is 4.02. The summed E-state index contributed by atoms with van der Waals surface area (Å²) in [4.78, 5) is 12.1. The quantitative estimate of drug-likeness (QED) is 0.773. The molecule has 1 N–H and O–H groups in total. The van der Waals surface area contributed by atoms with Crippen molar-refractivity contribution in [2.45, 2.75) is 6.92 Å². The fraction of sp³-hybridized carbons (Fsp3) is 0.0714. The van der Waals surface area contributed by atoms with Crippen LogP contribution in [0.15, 0.2) is 40.9 Å². The summed E-state index contributed by atoms with van der Waals surface area (Å²) in [5.41, 5.74) is 2.23. The summed E-state index contributed by atoms with van der Waals surface area (Å²) < 4.78 is 0.864. The first-order chi connectivity index (χ1) is 8.99. The molecule has 19 heavy (non-hydrogen) atoms. The lowest BCUT2D eigenvalue weighted by atomic mass is 10.2. The van der Waals surface area contributed by atoms with Gasteiger partial charge in [0.2, 0.25) is 0 Å². The first-order valence-electron chi connectivity index (χ1n) is 5.50. The molecule has 0 saturated carbocycles. The third-order valence-corrected chi connectivity index (χ3v) is 4.41. The van der Waals surface area contributed by atoms with Crippen LogP contribution in [0, 0.1) is 6.92 Å². The molecule has 2 aromatic rings. The van der Waals surface area contributed by atoms with Gasteiger partial charge in [-0.1, -0.05) is 35.3 Å². The van der Waals surface area contributed by atoms with E-state index in [0.29, 0.717) is 15.6 Å². The Bertz CT molecular complexity index is 643. The van der Waals surface area contributed by atoms with Gasteiger partial charge in [-0.25, -0.2) is 0 Å². The zero-order chi connectivity index (χ0) is 14.0. The Hall–Kier alpha value is -1.03. The first-order valence-corrected chi connectivity index (χ1v) is 7.05. The average Bonchev–Trinajstić information content (AvgIpc) is 2.38. The number of amides is 1. The van der Waals surface area contributed by atoms with Crippen molar-refractivity contribution in [1.29, 1.82) is 0 Å². The summed E-state index contributed by atoms with van der Waals surface area (Å²) in [5.74, 6) is -0.232. The molecule has 98 valence electrons. The van der Waals surface area contributed by atoms with Crippen LogP contribution in [0.3, 0.4) is 0 Å². The molecular formula is C14H10BrCl2NO. The van der Waals surface area contributed by atoms with Crippen molar-refractivity contribution in [3.63, 3.8) is 0 Å². The summed E-state index contributed by atoms with van der Waals surface area (Å²) in [7, 11) is 0. The normalized spacial score (nSPS) is 10.3. The van der Waals surface area contributed by atoms with Gasteiger partial charge in [-0.15, -0.1) is 0 Å². The summed E-state index contributed by atoms with van der Waals surface area (Å²) in [6.07, 6.45) is 0. The lowest BCUT2D eigenvalue weighted by molar-refractivity contribution is 0.102. The maximum Gasteiger partial charge on any atom is 0.255 e. The molecule has 0 spiro atoms. The highest BCUT2D eigenvalue weighted by Gasteiger charge is 2.10. The Morgan fingerprint density at radius 2 is 1.89 bits per heavy atom. The van der Waals surface area contributed by atoms with Gasteiger partial charge < -0.3 is 5.32 Å². The number of hydrogen-bond acceptors (Lipinski definition) is 1. The smallest absolute Gasteiger partial charge is 0.255 e. The third-order valence-electron chi connectivity index (χ3n) is 2.62. The van der Waals surface area contributed by atoms with Crippen LogP contribution in [-0.4, -0.2) is 5.91 Å². The molecule has 0 bridgehead atoms. The lowest BCUT2D eigenvalue weighted by Crippen LogP contribution is -2.12. The molecule has 0 radical (unpaired) electrons. The number of anilines is 1. The minimum atomic E-state index is -0.232. The van der Waals surface area contributed by atoms with Crippen LogP contribution in [0.5, 0.6) is 0 Å². The second kappa shape index (κ2) is 5.95. The summed E-state index contributed by atoms with van der Waals surface area (Å²) in [5, 5.41) is 3.61. The maximum atomic E-state index is 12.1. The van der Waals surface area contributed by atoms with E-state index in [-0.39, 0.29) is 5.91 Å². The molecule has 0 aromatic heterocycles. The topological polar surface area (TPSA) is 29.1 Å². The SMILES string of the molecule is Cc1cccc(NC(=O)c2ccc(Cl)c(Cl)c2)c1Br. The lowest BCUT2D eigenvalue weighted by Gasteiger charge is -2.09. The molecule has 5 heteroatoms. The second-order valence-corrected chi connectivity index (χ2v) is 5.63. The number of halogens is 3. The zero-order valence-corrected chi connectivity index (χ0v) is 13.1. The summed E-state index contributed by atoms with van der Waals surface area (Å²) >= 11 is 15.2. The zero-order valence-electron chi connectivity index (χ0n) is 10.0. The molecule has 0 fully saturated rings. The van der Waals surface area contributed by atoms with Gasteiger partial charge >= 0.3 is 0 Å². The Morgan fingerprint density at radius 1 is 1.16 bits per heavy atom. The standard InChI is InChI=1S/C14H10BrCl2NO/c1-8-3-2-4-12(13(8)15)18-14(19)9-5-6-10(16)11(17)7-9/h2-7H,1H3,(H,18,19). The number of aryl methyl sites for hydroxylation is 1. The minimum absolute atomic E-state index is 0.232. The summed E-state index contributed by atoms with van der Waals surface area (Å²) in [6.45, 7) is 1.96. The molecule has 2 nitrogen and oxygen atoms in total. The molecule has 0 aliphatic heterocycles. The van der Waals surface area contributed by atoms with Crippen molar-refractivity contribution in [3.8, 4) is 0 Å². The molecule has 0 aliphatic rings. The molecule has 0 saturated heterocycles. The maximum absolute atomic E-state index is 12.1. The van der Waals surface area contributed by atoms with E-state index < -0.39 is 0 Å². The van der Waals surface area contributed by atoms with E-state index in [1.54, 1.807) is 18.2 Å². The minimum Gasteiger partial charge on any atom is -0.321 e. The Labute approximate surface area is 129 Å². The monoisotopic (exact) mass is 357 g/mol. The van der Waals surface area contributed by atoms with E-state index in [2.05, 4.69) is 21.2 Å². The van der Waals surface area contributed by atoms with Gasteiger partial charge in [0.15, 0.2) is 0 Å². The van der Waals surface area contributed by atoms with Gasteiger partial charge in [0.1, 0.15) is 0 Å². The van der Waals surface area contributed by atoms with Gasteiger partial charge in [0.25, 0.3) is 5.91 Å². The van der Waals surface area contributed by atoms with E-state index >= 15 is 0 Å². The van der Waals surface area contributed by atoms with Gasteiger partial charge in [-0.05, 0) is 52.7 Å². The van der Waals surface area contributed by atoms with E-state index in [1.807, 2.05) is 25.1 Å². The molecule has 0 atom stereocenters. The molecular weight excluding hydrogens is 349 g/mol. The van der Waals surface area contributed by atoms with Crippen molar-refractivity contribution in [2.75, 3.05) is 5.32 Å². The predicted molar refractivity (Wildman–Crippen MR) is 83.3 cm³/mol. The van der Waals surface area contributed by atoms with Crippen molar-refractivity contribution < 1.29 is 4.79 Å². The van der Waals surface area contributed by atoms with Gasteiger partial charge in [0.05, 0.1) is 15.7 Å². The first kappa shape index (κ1) is 14.4. The van der Waals surface area contributed by atoms with Crippen LogP contribution < -0.4 is 5.32 Å². The highest BCUT2D eigenvalue weighted by Crippen LogP contribution is 2.27. The fourth-order valence-corrected chi connectivity index (χ4v) is 2.24. The van der Waals surface area contributed by atoms with Crippen molar-refractivity contribution >= 4 is 50.7 Å². The molecule has 2 rings (SSSR count). The van der Waals surface area contributed by atoms with Crippen molar-refractivity contribution in [2.24, 2.45) is 0 Å². The van der Waals surface area contributed by atoms with Crippen molar-refractivity contribution in [3.05, 3.63) is 62.0 Å². The van der Waals surface area contributed by atoms with Gasteiger partial charge in [-0.3, -0.25) is 4.79 Å². The number of benzene rings is 2. The number of hydrogen-bond donors (Lipinski definition) is 1. The molecule has 0 aliphatic carbocycles. The largest absolute Gasteiger partial charge is 0.321 e. The van der Waals surface area contributed by atoms with E-state index in [4.69, 9.17) is 23.2 Å². The molecule has 0 unspecified atom stereocenters. The van der Waals surface area contributed by atoms with Gasteiger partial charge in [0, 0.05) is 10.0 Å².